The van der Waals surface area contributed by atoms with Crippen LogP contribution < -0.4 is 19.6 Å². The van der Waals surface area contributed by atoms with Gasteiger partial charge in [-0.1, -0.05) is 83.9 Å². The molecule has 0 saturated heterocycles. The fourth-order valence-electron chi connectivity index (χ4n) is 4.63. The molecular formula is C31H23Cl2N3O4S. The lowest BCUT2D eigenvalue weighted by Crippen LogP contribution is -2.40. The Morgan fingerprint density at radius 3 is 2.54 bits per heavy atom. The topological polar surface area (TPSA) is 93.7 Å². The highest BCUT2D eigenvalue weighted by atomic mass is 35.5. The zero-order chi connectivity index (χ0) is 29.1. The number of rotatable bonds is 7. The van der Waals surface area contributed by atoms with Crippen LogP contribution in [0.4, 0.5) is 0 Å². The van der Waals surface area contributed by atoms with Gasteiger partial charge in [-0.05, 0) is 47.9 Å². The molecule has 206 valence electrons. The summed E-state index contributed by atoms with van der Waals surface area (Å²) in [5, 5.41) is 9.71. The molecule has 5 rings (SSSR count). The molecule has 2 heterocycles. The lowest BCUT2D eigenvalue weighted by Gasteiger charge is -2.25. The van der Waals surface area contributed by atoms with Gasteiger partial charge in [0.2, 0.25) is 0 Å². The first-order valence-corrected chi connectivity index (χ1v) is 14.2. The van der Waals surface area contributed by atoms with Crippen molar-refractivity contribution in [3.8, 4) is 11.8 Å². The Kier molecular flexibility index (Phi) is 8.41. The van der Waals surface area contributed by atoms with Gasteiger partial charge in [0.15, 0.2) is 4.80 Å². The number of hydrogen-bond donors (Lipinski definition) is 0. The van der Waals surface area contributed by atoms with E-state index in [0.29, 0.717) is 48.9 Å². The fourth-order valence-corrected chi connectivity index (χ4v) is 6.20. The number of esters is 1. The number of nitrogens with zero attached hydrogens (tertiary/aromatic N) is 3. The second-order valence-electron chi connectivity index (χ2n) is 9.10. The van der Waals surface area contributed by atoms with Crippen molar-refractivity contribution in [1.82, 2.24) is 4.57 Å². The first-order chi connectivity index (χ1) is 19.8. The molecule has 0 N–H and O–H groups in total. The van der Waals surface area contributed by atoms with E-state index < -0.39 is 12.0 Å². The average Bonchev–Trinajstić information content (AvgIpc) is 3.30. The van der Waals surface area contributed by atoms with Crippen molar-refractivity contribution in [2.45, 2.75) is 26.0 Å². The van der Waals surface area contributed by atoms with E-state index in [1.807, 2.05) is 37.3 Å². The molecule has 0 amide bonds. The predicted octanol–water partition coefficient (Wildman–Crippen LogP) is 5.56. The molecule has 0 fully saturated rings. The van der Waals surface area contributed by atoms with Crippen molar-refractivity contribution in [1.29, 1.82) is 5.26 Å². The number of carbonyl (C=O) groups is 1. The zero-order valence-electron chi connectivity index (χ0n) is 22.1. The summed E-state index contributed by atoms with van der Waals surface area (Å²) in [6.45, 7) is 2.09. The molecule has 0 unspecified atom stereocenters. The number of nitriles is 1. The van der Waals surface area contributed by atoms with Crippen LogP contribution in [0.15, 0.2) is 87.8 Å². The second kappa shape index (κ2) is 12.1. The minimum absolute atomic E-state index is 0.186. The third kappa shape index (κ3) is 5.70. The molecule has 3 aromatic carbocycles. The van der Waals surface area contributed by atoms with Gasteiger partial charge in [-0.25, -0.2) is 9.79 Å². The van der Waals surface area contributed by atoms with Gasteiger partial charge in [-0.15, -0.1) is 0 Å². The monoisotopic (exact) mass is 603 g/mol. The lowest BCUT2D eigenvalue weighted by atomic mass is 9.95. The molecular weight excluding hydrogens is 581 g/mol. The lowest BCUT2D eigenvalue weighted by molar-refractivity contribution is -0.136. The maximum Gasteiger partial charge on any atom is 0.338 e. The van der Waals surface area contributed by atoms with Crippen LogP contribution in [0.1, 0.15) is 41.6 Å². The number of ether oxygens (including phenoxy) is 2. The highest BCUT2D eigenvalue weighted by Crippen LogP contribution is 2.34. The third-order valence-corrected chi connectivity index (χ3v) is 8.04. The molecule has 0 aliphatic carbocycles. The number of benzene rings is 3. The number of fused-ring (bicyclic) bond motifs is 1. The van der Waals surface area contributed by atoms with Gasteiger partial charge in [0.05, 0.1) is 45.6 Å². The Bertz CT molecular complexity index is 1890. The minimum atomic E-state index is -0.702. The van der Waals surface area contributed by atoms with E-state index in [1.54, 1.807) is 42.5 Å². The van der Waals surface area contributed by atoms with Crippen LogP contribution in [0.25, 0.3) is 6.08 Å². The summed E-state index contributed by atoms with van der Waals surface area (Å²) in [6.07, 6.45) is 2.15. The zero-order valence-corrected chi connectivity index (χ0v) is 24.4. The number of methoxy groups -OCH3 is 1. The van der Waals surface area contributed by atoms with Crippen molar-refractivity contribution in [3.05, 3.63) is 130 Å². The minimum Gasteiger partial charge on any atom is -0.487 e. The van der Waals surface area contributed by atoms with Gasteiger partial charge in [0.1, 0.15) is 12.4 Å². The van der Waals surface area contributed by atoms with E-state index in [0.717, 1.165) is 11.1 Å². The Labute approximate surface area is 249 Å². The summed E-state index contributed by atoms with van der Waals surface area (Å²) >= 11 is 14.1. The van der Waals surface area contributed by atoms with Crippen molar-refractivity contribution in [3.63, 3.8) is 0 Å². The summed E-state index contributed by atoms with van der Waals surface area (Å²) in [5.41, 5.74) is 3.23. The van der Waals surface area contributed by atoms with Gasteiger partial charge < -0.3 is 9.47 Å². The second-order valence-corrected chi connectivity index (χ2v) is 11.0. The molecule has 0 spiro atoms. The van der Waals surface area contributed by atoms with E-state index in [9.17, 15) is 9.59 Å². The highest BCUT2D eigenvalue weighted by Gasteiger charge is 2.33. The van der Waals surface area contributed by atoms with Crippen LogP contribution in [0.5, 0.6) is 5.75 Å². The molecule has 0 saturated carbocycles. The quantitative estimate of drug-likeness (QED) is 0.258. The Morgan fingerprint density at radius 2 is 1.88 bits per heavy atom. The molecule has 0 bridgehead atoms. The van der Waals surface area contributed by atoms with E-state index in [1.165, 1.54) is 23.0 Å². The number of thiazole rings is 1. The highest BCUT2D eigenvalue weighted by molar-refractivity contribution is 7.07. The van der Waals surface area contributed by atoms with Gasteiger partial charge >= 0.3 is 5.97 Å². The predicted molar refractivity (Wildman–Crippen MR) is 159 cm³/mol. The molecule has 1 aliphatic rings. The van der Waals surface area contributed by atoms with Gasteiger partial charge in [0.25, 0.3) is 5.56 Å². The number of aromatic nitrogens is 1. The SMILES string of the molecule is CCC1=C(C(=O)OC)[C@@H](c2ccccc2)n2c(s/c(=C/c3cc(Cl)cc(Cl)c3OCc3ccc(C#N)cc3)c2=O)=N1. The van der Waals surface area contributed by atoms with Crippen LogP contribution >= 0.6 is 34.5 Å². The maximum atomic E-state index is 13.9. The summed E-state index contributed by atoms with van der Waals surface area (Å²) in [6, 6.07) is 21.0. The van der Waals surface area contributed by atoms with E-state index in [-0.39, 0.29) is 17.2 Å². The standard InChI is InChI=1S/C31H23Cl2N3O4S/c1-3-24-26(30(38)39-2)27(20-7-5-4-6-8-20)36-29(37)25(41-31(36)35-24)14-21-13-22(32)15-23(33)28(21)40-17-19-11-9-18(16-34)10-12-19/h4-15,27H,3,17H2,1-2H3/b25-14+/t27-/m1/s1. The van der Waals surface area contributed by atoms with E-state index in [4.69, 9.17) is 42.9 Å². The Hall–Kier alpha value is -4.16. The van der Waals surface area contributed by atoms with Crippen molar-refractivity contribution in [2.75, 3.05) is 7.11 Å². The number of carbonyl (C=O) groups excluding carboxylic acids is 1. The molecule has 1 aromatic heterocycles. The summed E-state index contributed by atoms with van der Waals surface area (Å²) in [5.74, 6) is -0.177. The van der Waals surface area contributed by atoms with Crippen molar-refractivity contribution >= 4 is 46.6 Å². The van der Waals surface area contributed by atoms with Crippen molar-refractivity contribution < 1.29 is 14.3 Å². The van der Waals surface area contributed by atoms with Crippen LogP contribution in [0, 0.1) is 11.3 Å². The smallest absolute Gasteiger partial charge is 0.338 e. The molecule has 1 atom stereocenters. The summed E-state index contributed by atoms with van der Waals surface area (Å²) < 4.78 is 13.1. The van der Waals surface area contributed by atoms with Crippen LogP contribution in [-0.4, -0.2) is 17.6 Å². The van der Waals surface area contributed by atoms with Gasteiger partial charge in [-0.3, -0.25) is 9.36 Å². The molecule has 4 aromatic rings. The Balaban J connectivity index is 1.64. The largest absolute Gasteiger partial charge is 0.487 e. The summed E-state index contributed by atoms with van der Waals surface area (Å²) in [7, 11) is 1.32. The first kappa shape index (κ1) is 28.4. The Morgan fingerprint density at radius 1 is 1.15 bits per heavy atom. The molecule has 10 heteroatoms. The number of hydrogen-bond acceptors (Lipinski definition) is 7. The number of halogens is 2. The van der Waals surface area contributed by atoms with Crippen LogP contribution in [0.3, 0.4) is 0 Å². The molecule has 41 heavy (non-hydrogen) atoms. The fraction of sp³-hybridized carbons (Fsp3) is 0.161. The molecule has 7 nitrogen and oxygen atoms in total. The van der Waals surface area contributed by atoms with Crippen molar-refractivity contribution in [2.24, 2.45) is 4.99 Å². The van der Waals surface area contributed by atoms with Gasteiger partial charge in [0, 0.05) is 10.6 Å². The first-order valence-electron chi connectivity index (χ1n) is 12.6. The molecule has 1 aliphatic heterocycles. The maximum absolute atomic E-state index is 13.9. The summed E-state index contributed by atoms with van der Waals surface area (Å²) in [4.78, 5) is 32.1. The number of allylic oxidation sites excluding steroid dienone is 1. The van der Waals surface area contributed by atoms with Crippen LogP contribution in [-0.2, 0) is 16.1 Å². The van der Waals surface area contributed by atoms with Crippen LogP contribution in [0.2, 0.25) is 10.0 Å². The normalized spacial score (nSPS) is 14.7. The van der Waals surface area contributed by atoms with E-state index >= 15 is 0 Å². The third-order valence-electron chi connectivity index (χ3n) is 6.56. The van der Waals surface area contributed by atoms with Gasteiger partial charge in [-0.2, -0.15) is 5.26 Å². The average molecular weight is 605 g/mol. The van der Waals surface area contributed by atoms with E-state index in [2.05, 4.69) is 6.07 Å². The molecule has 0 radical (unpaired) electrons.